The van der Waals surface area contributed by atoms with Crippen LogP contribution in [-0.4, -0.2) is 30.3 Å². The fourth-order valence-corrected chi connectivity index (χ4v) is 2.41. The van der Waals surface area contributed by atoms with Gasteiger partial charge in [-0.05, 0) is 48.0 Å². The van der Waals surface area contributed by atoms with Crippen molar-refractivity contribution in [2.45, 2.75) is 6.54 Å². The van der Waals surface area contributed by atoms with Crippen molar-refractivity contribution in [2.75, 3.05) is 19.5 Å². The molecule has 1 aromatic heterocycles. The molecule has 0 bridgehead atoms. The summed E-state index contributed by atoms with van der Waals surface area (Å²) in [6.45, 7) is 0.405. The molecule has 3 rings (SSSR count). The Morgan fingerprint density at radius 2 is 1.74 bits per heavy atom. The maximum absolute atomic E-state index is 11.1. The second-order valence-electron chi connectivity index (χ2n) is 5.66. The second-order valence-corrected chi connectivity index (χ2v) is 5.66. The van der Waals surface area contributed by atoms with Crippen LogP contribution in [0.2, 0.25) is 0 Å². The lowest BCUT2D eigenvalue weighted by atomic mass is 10.2. The summed E-state index contributed by atoms with van der Waals surface area (Å²) in [5, 5.41) is 5.89. The number of rotatable bonds is 6. The molecule has 0 unspecified atom stereocenters. The van der Waals surface area contributed by atoms with Gasteiger partial charge in [-0.25, -0.2) is 14.8 Å². The summed E-state index contributed by atoms with van der Waals surface area (Å²) in [7, 11) is 2.97. The first-order valence-corrected chi connectivity index (χ1v) is 8.33. The molecule has 138 valence electrons. The van der Waals surface area contributed by atoms with Crippen molar-refractivity contribution in [1.29, 1.82) is 0 Å². The molecule has 0 saturated heterocycles. The van der Waals surface area contributed by atoms with Crippen LogP contribution in [0, 0.1) is 0 Å². The molecule has 0 saturated carbocycles. The van der Waals surface area contributed by atoms with E-state index < -0.39 is 6.09 Å². The van der Waals surface area contributed by atoms with Gasteiger partial charge in [-0.3, -0.25) is 0 Å². The number of amides is 1. The predicted octanol–water partition coefficient (Wildman–Crippen LogP) is 3.75. The molecule has 7 nitrogen and oxygen atoms in total. The van der Waals surface area contributed by atoms with Crippen LogP contribution in [0.5, 0.6) is 5.75 Å². The standard InChI is InChI=1S/C20H20N4O3/c1-26-17-9-5-15(6-10-17)19-21-12-11-18(24-19)23-16-7-3-14(4-8-16)13-22-20(25)27-2/h3-12H,13H2,1-2H3,(H,22,25)(H,21,23,24). The highest BCUT2D eigenvalue weighted by molar-refractivity contribution is 5.67. The molecule has 0 atom stereocenters. The Hall–Kier alpha value is -3.61. The third kappa shape index (κ3) is 4.94. The van der Waals surface area contributed by atoms with Crippen molar-refractivity contribution < 1.29 is 14.3 Å². The average molecular weight is 364 g/mol. The van der Waals surface area contributed by atoms with E-state index in [0.29, 0.717) is 18.2 Å². The number of anilines is 2. The summed E-state index contributed by atoms with van der Waals surface area (Å²) in [5.41, 5.74) is 2.76. The molecule has 1 heterocycles. The number of methoxy groups -OCH3 is 2. The molecule has 0 fully saturated rings. The van der Waals surface area contributed by atoms with Crippen LogP contribution in [0.3, 0.4) is 0 Å². The lowest BCUT2D eigenvalue weighted by Crippen LogP contribution is -2.22. The Morgan fingerprint density at radius 1 is 1.00 bits per heavy atom. The zero-order valence-electron chi connectivity index (χ0n) is 15.1. The molecule has 2 aromatic carbocycles. The van der Waals surface area contributed by atoms with E-state index in [1.165, 1.54) is 7.11 Å². The van der Waals surface area contributed by atoms with E-state index in [2.05, 4.69) is 25.3 Å². The number of carbonyl (C=O) groups excluding carboxylic acids is 1. The molecular formula is C20H20N4O3. The highest BCUT2D eigenvalue weighted by atomic mass is 16.5. The van der Waals surface area contributed by atoms with Crippen LogP contribution in [0.25, 0.3) is 11.4 Å². The van der Waals surface area contributed by atoms with E-state index in [4.69, 9.17) is 4.74 Å². The Morgan fingerprint density at radius 3 is 2.41 bits per heavy atom. The molecule has 3 aromatic rings. The number of hydrogen-bond acceptors (Lipinski definition) is 6. The van der Waals surface area contributed by atoms with E-state index in [1.54, 1.807) is 19.4 Å². The average Bonchev–Trinajstić information content (AvgIpc) is 2.73. The van der Waals surface area contributed by atoms with Crippen molar-refractivity contribution in [3.05, 3.63) is 66.4 Å². The van der Waals surface area contributed by atoms with Crippen molar-refractivity contribution >= 4 is 17.6 Å². The van der Waals surface area contributed by atoms with E-state index in [-0.39, 0.29) is 0 Å². The number of nitrogens with zero attached hydrogens (tertiary/aromatic N) is 2. The van der Waals surface area contributed by atoms with Crippen molar-refractivity contribution in [3.8, 4) is 17.1 Å². The van der Waals surface area contributed by atoms with Gasteiger partial charge >= 0.3 is 6.09 Å². The number of hydrogen-bond donors (Lipinski definition) is 2. The normalized spacial score (nSPS) is 10.1. The Bertz CT molecular complexity index is 896. The Kier molecular flexibility index (Phi) is 5.84. The fourth-order valence-electron chi connectivity index (χ4n) is 2.41. The van der Waals surface area contributed by atoms with Crippen LogP contribution in [0.4, 0.5) is 16.3 Å². The minimum absolute atomic E-state index is 0.405. The third-order valence-corrected chi connectivity index (χ3v) is 3.85. The van der Waals surface area contributed by atoms with Gasteiger partial charge in [0.2, 0.25) is 0 Å². The van der Waals surface area contributed by atoms with Crippen LogP contribution < -0.4 is 15.4 Å². The molecule has 2 N–H and O–H groups in total. The number of alkyl carbamates (subject to hydrolysis) is 1. The summed E-state index contributed by atoms with van der Waals surface area (Å²) in [4.78, 5) is 20.0. The van der Waals surface area contributed by atoms with E-state index >= 15 is 0 Å². The number of carbonyl (C=O) groups is 1. The van der Waals surface area contributed by atoms with Gasteiger partial charge in [0, 0.05) is 24.0 Å². The monoisotopic (exact) mass is 364 g/mol. The lowest BCUT2D eigenvalue weighted by Gasteiger charge is -2.09. The zero-order valence-corrected chi connectivity index (χ0v) is 15.1. The van der Waals surface area contributed by atoms with Gasteiger partial charge in [0.25, 0.3) is 0 Å². The first-order valence-electron chi connectivity index (χ1n) is 8.33. The highest BCUT2D eigenvalue weighted by Crippen LogP contribution is 2.21. The van der Waals surface area contributed by atoms with Gasteiger partial charge in [0.1, 0.15) is 11.6 Å². The summed E-state index contributed by atoms with van der Waals surface area (Å²) >= 11 is 0. The summed E-state index contributed by atoms with van der Waals surface area (Å²) < 4.78 is 9.72. The third-order valence-electron chi connectivity index (χ3n) is 3.85. The lowest BCUT2D eigenvalue weighted by molar-refractivity contribution is 0.170. The van der Waals surface area contributed by atoms with E-state index in [1.807, 2.05) is 48.5 Å². The largest absolute Gasteiger partial charge is 0.497 e. The van der Waals surface area contributed by atoms with Crippen molar-refractivity contribution in [2.24, 2.45) is 0 Å². The van der Waals surface area contributed by atoms with Crippen molar-refractivity contribution in [1.82, 2.24) is 15.3 Å². The smallest absolute Gasteiger partial charge is 0.407 e. The minimum Gasteiger partial charge on any atom is -0.497 e. The van der Waals surface area contributed by atoms with Gasteiger partial charge in [-0.2, -0.15) is 0 Å². The summed E-state index contributed by atoms with van der Waals surface area (Å²) in [6, 6.07) is 17.1. The summed E-state index contributed by atoms with van der Waals surface area (Å²) in [6.07, 6.45) is 1.26. The molecule has 27 heavy (non-hydrogen) atoms. The minimum atomic E-state index is -0.454. The molecule has 0 aliphatic heterocycles. The molecule has 0 aliphatic carbocycles. The molecular weight excluding hydrogens is 344 g/mol. The molecule has 0 aliphatic rings. The van der Waals surface area contributed by atoms with Crippen LogP contribution >= 0.6 is 0 Å². The second kappa shape index (κ2) is 8.66. The number of benzene rings is 2. The number of aromatic nitrogens is 2. The van der Waals surface area contributed by atoms with Gasteiger partial charge in [-0.15, -0.1) is 0 Å². The quantitative estimate of drug-likeness (QED) is 0.693. The molecule has 7 heteroatoms. The Balaban J connectivity index is 1.67. The maximum Gasteiger partial charge on any atom is 0.407 e. The van der Waals surface area contributed by atoms with Gasteiger partial charge in [0.15, 0.2) is 5.82 Å². The first-order chi connectivity index (χ1) is 13.2. The number of nitrogens with one attached hydrogen (secondary N) is 2. The molecule has 0 radical (unpaired) electrons. The predicted molar refractivity (Wildman–Crippen MR) is 103 cm³/mol. The maximum atomic E-state index is 11.1. The van der Waals surface area contributed by atoms with E-state index in [0.717, 1.165) is 22.6 Å². The van der Waals surface area contributed by atoms with E-state index in [9.17, 15) is 4.79 Å². The van der Waals surface area contributed by atoms with Crippen molar-refractivity contribution in [3.63, 3.8) is 0 Å². The molecule has 1 amide bonds. The SMILES string of the molecule is COC(=O)NCc1ccc(Nc2ccnc(-c3ccc(OC)cc3)n2)cc1. The van der Waals surface area contributed by atoms with Gasteiger partial charge in [-0.1, -0.05) is 12.1 Å². The fraction of sp³-hybridized carbons (Fsp3) is 0.150. The first kappa shape index (κ1) is 18.2. The van der Waals surface area contributed by atoms with Crippen LogP contribution in [0.1, 0.15) is 5.56 Å². The summed E-state index contributed by atoms with van der Waals surface area (Å²) in [5.74, 6) is 2.10. The zero-order chi connectivity index (χ0) is 19.1. The highest BCUT2D eigenvalue weighted by Gasteiger charge is 2.04. The Labute approximate surface area is 157 Å². The number of ether oxygens (including phenoxy) is 2. The van der Waals surface area contributed by atoms with Crippen LogP contribution in [0.15, 0.2) is 60.8 Å². The topological polar surface area (TPSA) is 85.4 Å². The van der Waals surface area contributed by atoms with Gasteiger partial charge in [0.05, 0.1) is 14.2 Å². The molecule has 0 spiro atoms. The van der Waals surface area contributed by atoms with Crippen LogP contribution in [-0.2, 0) is 11.3 Å². The van der Waals surface area contributed by atoms with Gasteiger partial charge < -0.3 is 20.1 Å².